The maximum absolute atomic E-state index is 12.7. The second-order valence-corrected chi connectivity index (χ2v) is 7.10. The number of carbonyl (C=O) groups excluding carboxylic acids is 1. The molecule has 1 amide bonds. The lowest BCUT2D eigenvalue weighted by Crippen LogP contribution is -2.32. The molecule has 0 aromatic heterocycles. The number of nitrogens with zero attached hydrogens (tertiary/aromatic N) is 1. The minimum absolute atomic E-state index is 0. The number of rotatable bonds is 4. The van der Waals surface area contributed by atoms with Gasteiger partial charge in [0.25, 0.3) is 5.91 Å². The Kier molecular flexibility index (Phi) is 7.08. The van der Waals surface area contributed by atoms with Gasteiger partial charge in [-0.1, -0.05) is 12.1 Å². The highest BCUT2D eigenvalue weighted by molar-refractivity contribution is 5.94. The molecule has 1 aromatic rings. The van der Waals surface area contributed by atoms with Crippen molar-refractivity contribution in [2.24, 2.45) is 11.8 Å². The summed E-state index contributed by atoms with van der Waals surface area (Å²) < 4.78 is 5.60. The van der Waals surface area contributed by atoms with Crippen LogP contribution >= 0.6 is 12.4 Å². The molecular weight excluding hydrogens is 324 g/mol. The van der Waals surface area contributed by atoms with Crippen molar-refractivity contribution in [3.05, 3.63) is 35.4 Å². The summed E-state index contributed by atoms with van der Waals surface area (Å²) in [6, 6.07) is 7.89. The molecule has 2 fully saturated rings. The molecule has 3 rings (SSSR count). The van der Waals surface area contributed by atoms with Gasteiger partial charge in [-0.25, -0.2) is 0 Å². The van der Waals surface area contributed by atoms with Crippen LogP contribution in [0.1, 0.15) is 42.6 Å². The molecule has 4 nitrogen and oxygen atoms in total. The van der Waals surface area contributed by atoms with E-state index in [9.17, 15) is 4.79 Å². The standard InChI is InChI=1S/C19H28N2O2.ClH/c1-14(2)23-13-15-3-5-16(6-4-15)19(22)21-9-7-17-11-20-12-18(17)8-10-21;/h3-6,14,17-18,20H,7-13H2,1-2H3;1H/t17-,18+;. The van der Waals surface area contributed by atoms with E-state index in [1.807, 2.05) is 43.0 Å². The molecule has 24 heavy (non-hydrogen) atoms. The van der Waals surface area contributed by atoms with Crippen molar-refractivity contribution >= 4 is 18.3 Å². The molecule has 1 N–H and O–H groups in total. The van der Waals surface area contributed by atoms with Crippen molar-refractivity contribution in [1.29, 1.82) is 0 Å². The molecule has 134 valence electrons. The minimum Gasteiger partial charge on any atom is -0.374 e. The molecule has 0 bridgehead atoms. The lowest BCUT2D eigenvalue weighted by atomic mass is 9.92. The fourth-order valence-corrected chi connectivity index (χ4v) is 3.61. The van der Waals surface area contributed by atoms with E-state index in [-0.39, 0.29) is 24.4 Å². The van der Waals surface area contributed by atoms with Crippen molar-refractivity contribution in [3.63, 3.8) is 0 Å². The third kappa shape index (κ3) is 4.71. The number of hydrogen-bond acceptors (Lipinski definition) is 3. The topological polar surface area (TPSA) is 41.6 Å². The summed E-state index contributed by atoms with van der Waals surface area (Å²) in [5, 5.41) is 3.48. The molecule has 2 atom stereocenters. The summed E-state index contributed by atoms with van der Waals surface area (Å²) >= 11 is 0. The Morgan fingerprint density at radius 2 is 1.75 bits per heavy atom. The minimum atomic E-state index is 0. The van der Waals surface area contributed by atoms with Gasteiger partial charge in [-0.2, -0.15) is 0 Å². The number of benzene rings is 1. The Morgan fingerprint density at radius 1 is 1.17 bits per heavy atom. The largest absolute Gasteiger partial charge is 0.374 e. The first-order valence-corrected chi connectivity index (χ1v) is 8.84. The fraction of sp³-hybridized carbons (Fsp3) is 0.632. The summed E-state index contributed by atoms with van der Waals surface area (Å²) in [4.78, 5) is 14.8. The first-order valence-electron chi connectivity index (χ1n) is 8.84. The Bertz CT molecular complexity index is 519. The lowest BCUT2D eigenvalue weighted by Gasteiger charge is -2.21. The van der Waals surface area contributed by atoms with Crippen LogP contribution in [0.25, 0.3) is 0 Å². The zero-order valence-corrected chi connectivity index (χ0v) is 15.5. The molecule has 5 heteroatoms. The number of halogens is 1. The van der Waals surface area contributed by atoms with Gasteiger partial charge in [0, 0.05) is 18.7 Å². The maximum atomic E-state index is 12.7. The van der Waals surface area contributed by atoms with E-state index in [1.54, 1.807) is 0 Å². The number of amides is 1. The van der Waals surface area contributed by atoms with Crippen LogP contribution in [0.15, 0.2) is 24.3 Å². The van der Waals surface area contributed by atoms with Crippen molar-refractivity contribution in [2.75, 3.05) is 26.2 Å². The second kappa shape index (κ2) is 8.84. The third-order valence-corrected chi connectivity index (χ3v) is 5.09. The SMILES string of the molecule is CC(C)OCc1ccc(C(=O)N2CC[C@@H]3CNC[C@@H]3CC2)cc1.Cl. The van der Waals surface area contributed by atoms with E-state index in [2.05, 4.69) is 5.32 Å². The third-order valence-electron chi connectivity index (χ3n) is 5.09. The van der Waals surface area contributed by atoms with Gasteiger partial charge in [0.2, 0.25) is 0 Å². The predicted molar refractivity (Wildman–Crippen MR) is 98.6 cm³/mol. The van der Waals surface area contributed by atoms with Gasteiger partial charge in [-0.15, -0.1) is 12.4 Å². The van der Waals surface area contributed by atoms with Gasteiger partial charge in [0.05, 0.1) is 12.7 Å². The molecule has 0 unspecified atom stereocenters. The Hall–Kier alpha value is -1.10. The number of likely N-dealkylation sites (tertiary alicyclic amines) is 1. The van der Waals surface area contributed by atoms with Crippen LogP contribution in [0.3, 0.4) is 0 Å². The molecule has 0 aliphatic carbocycles. The van der Waals surface area contributed by atoms with Gasteiger partial charge in [-0.05, 0) is 69.3 Å². The average molecular weight is 353 g/mol. The van der Waals surface area contributed by atoms with Crippen LogP contribution < -0.4 is 5.32 Å². The molecule has 0 saturated carbocycles. The van der Waals surface area contributed by atoms with E-state index in [4.69, 9.17) is 4.74 Å². The van der Waals surface area contributed by atoms with Gasteiger partial charge in [0.1, 0.15) is 0 Å². The Morgan fingerprint density at radius 3 is 2.29 bits per heavy atom. The van der Waals surface area contributed by atoms with Crippen LogP contribution in [0.2, 0.25) is 0 Å². The lowest BCUT2D eigenvalue weighted by molar-refractivity contribution is 0.0656. The quantitative estimate of drug-likeness (QED) is 0.905. The smallest absolute Gasteiger partial charge is 0.253 e. The molecular formula is C19H29ClN2O2. The highest BCUT2D eigenvalue weighted by Gasteiger charge is 2.31. The highest BCUT2D eigenvalue weighted by atomic mass is 35.5. The zero-order valence-electron chi connectivity index (χ0n) is 14.7. The summed E-state index contributed by atoms with van der Waals surface area (Å²) in [6.07, 6.45) is 2.48. The zero-order chi connectivity index (χ0) is 16.2. The Labute approximate surface area is 151 Å². The van der Waals surface area contributed by atoms with Gasteiger partial charge >= 0.3 is 0 Å². The number of carbonyl (C=O) groups is 1. The van der Waals surface area contributed by atoms with Crippen molar-refractivity contribution < 1.29 is 9.53 Å². The van der Waals surface area contributed by atoms with Gasteiger partial charge < -0.3 is 15.0 Å². The molecule has 1 aromatic carbocycles. The monoisotopic (exact) mass is 352 g/mol. The van der Waals surface area contributed by atoms with Crippen molar-refractivity contribution in [3.8, 4) is 0 Å². The molecule has 0 spiro atoms. The average Bonchev–Trinajstić information content (AvgIpc) is 2.91. The van der Waals surface area contributed by atoms with Crippen LogP contribution in [0.4, 0.5) is 0 Å². The van der Waals surface area contributed by atoms with Crippen molar-refractivity contribution in [1.82, 2.24) is 10.2 Å². The van der Waals surface area contributed by atoms with Crippen LogP contribution in [-0.2, 0) is 11.3 Å². The molecule has 2 saturated heterocycles. The van der Waals surface area contributed by atoms with Gasteiger partial charge in [0.15, 0.2) is 0 Å². The van der Waals surface area contributed by atoms with Gasteiger partial charge in [-0.3, -0.25) is 4.79 Å². The van der Waals surface area contributed by atoms with E-state index in [0.717, 1.165) is 62.0 Å². The van der Waals surface area contributed by atoms with Crippen LogP contribution in [0, 0.1) is 11.8 Å². The normalized spacial score (nSPS) is 23.5. The van der Waals surface area contributed by atoms with E-state index >= 15 is 0 Å². The highest BCUT2D eigenvalue weighted by Crippen LogP contribution is 2.27. The van der Waals surface area contributed by atoms with E-state index in [0.29, 0.717) is 6.61 Å². The first-order chi connectivity index (χ1) is 11.1. The van der Waals surface area contributed by atoms with E-state index in [1.165, 1.54) is 0 Å². The summed E-state index contributed by atoms with van der Waals surface area (Å²) in [7, 11) is 0. The predicted octanol–water partition coefficient (Wildman–Crippen LogP) is 3.11. The molecule has 2 aliphatic rings. The first kappa shape index (κ1) is 19.2. The number of fused-ring (bicyclic) bond motifs is 1. The molecule has 2 aliphatic heterocycles. The number of nitrogens with one attached hydrogen (secondary N) is 1. The van der Waals surface area contributed by atoms with Crippen LogP contribution in [-0.4, -0.2) is 43.1 Å². The summed E-state index contributed by atoms with van der Waals surface area (Å²) in [5.41, 5.74) is 1.91. The summed E-state index contributed by atoms with van der Waals surface area (Å²) in [6.45, 7) is 8.69. The fourth-order valence-electron chi connectivity index (χ4n) is 3.61. The number of ether oxygens (including phenoxy) is 1. The Balaban J connectivity index is 0.00000208. The van der Waals surface area contributed by atoms with Crippen LogP contribution in [0.5, 0.6) is 0 Å². The van der Waals surface area contributed by atoms with Crippen molar-refractivity contribution in [2.45, 2.75) is 39.4 Å². The molecule has 0 radical (unpaired) electrons. The second-order valence-electron chi connectivity index (χ2n) is 7.10. The van der Waals surface area contributed by atoms with E-state index < -0.39 is 0 Å². The number of hydrogen-bond donors (Lipinski definition) is 1. The summed E-state index contributed by atoms with van der Waals surface area (Å²) in [5.74, 6) is 1.68. The molecule has 2 heterocycles. The maximum Gasteiger partial charge on any atom is 0.253 e.